The average Bonchev–Trinajstić information content (AvgIpc) is 3.50. The van der Waals surface area contributed by atoms with Crippen molar-refractivity contribution in [1.29, 1.82) is 0 Å². The van der Waals surface area contributed by atoms with Gasteiger partial charge in [0.05, 0.1) is 12.8 Å². The fraction of sp³-hybridized carbons (Fsp3) is 0.238. The van der Waals surface area contributed by atoms with Crippen molar-refractivity contribution in [3.05, 3.63) is 66.2 Å². The van der Waals surface area contributed by atoms with E-state index in [2.05, 4.69) is 10.5 Å². The molecule has 154 valence electrons. The number of amides is 3. The van der Waals surface area contributed by atoms with Gasteiger partial charge in [-0.1, -0.05) is 35.5 Å². The maximum absolute atomic E-state index is 12.4. The highest BCUT2D eigenvalue weighted by atomic mass is 16.5. The molecule has 0 aliphatic carbocycles. The van der Waals surface area contributed by atoms with Gasteiger partial charge in [0.25, 0.3) is 11.8 Å². The van der Waals surface area contributed by atoms with Crippen molar-refractivity contribution in [2.45, 2.75) is 0 Å². The number of benzene rings is 1. The molecule has 0 radical (unpaired) electrons. The highest BCUT2D eigenvalue weighted by Gasteiger charge is 2.26. The maximum atomic E-state index is 12.4. The van der Waals surface area contributed by atoms with Gasteiger partial charge < -0.3 is 24.1 Å². The van der Waals surface area contributed by atoms with E-state index in [4.69, 9.17) is 8.94 Å². The van der Waals surface area contributed by atoms with Crippen molar-refractivity contribution in [2.75, 3.05) is 32.7 Å². The molecule has 9 heteroatoms. The van der Waals surface area contributed by atoms with Crippen LogP contribution in [0.3, 0.4) is 0 Å². The molecule has 3 amide bonds. The van der Waals surface area contributed by atoms with Crippen molar-refractivity contribution >= 4 is 17.7 Å². The van der Waals surface area contributed by atoms with Gasteiger partial charge in [0.1, 0.15) is 0 Å². The second-order valence-electron chi connectivity index (χ2n) is 6.78. The number of piperazine rings is 1. The first kappa shape index (κ1) is 19.4. The molecule has 0 unspecified atom stereocenters. The van der Waals surface area contributed by atoms with Gasteiger partial charge in [-0.2, -0.15) is 0 Å². The standard InChI is InChI=1S/C21H20N4O5/c26-19(24-8-10-25(11-9-24)21(28)17-7-4-12-29-17)14-22-20(27)16-13-18(30-23-16)15-5-2-1-3-6-15/h1-7,12-13H,8-11,14H2,(H,22,27). The van der Waals surface area contributed by atoms with Crippen molar-refractivity contribution in [1.82, 2.24) is 20.3 Å². The molecule has 3 heterocycles. The van der Waals surface area contributed by atoms with Crippen molar-refractivity contribution in [2.24, 2.45) is 0 Å². The van der Waals surface area contributed by atoms with E-state index in [1.807, 2.05) is 30.3 Å². The number of furan rings is 1. The highest BCUT2D eigenvalue weighted by Crippen LogP contribution is 2.19. The Morgan fingerprint density at radius 2 is 1.70 bits per heavy atom. The first-order valence-electron chi connectivity index (χ1n) is 9.53. The van der Waals surface area contributed by atoms with Crippen LogP contribution in [0.15, 0.2) is 63.7 Å². The lowest BCUT2D eigenvalue weighted by atomic mass is 10.1. The lowest BCUT2D eigenvalue weighted by Gasteiger charge is -2.34. The van der Waals surface area contributed by atoms with Crippen LogP contribution in [0, 0.1) is 0 Å². The predicted octanol–water partition coefficient (Wildman–Crippen LogP) is 1.65. The summed E-state index contributed by atoms with van der Waals surface area (Å²) in [5, 5.41) is 6.34. The molecule has 3 aromatic rings. The molecule has 0 atom stereocenters. The fourth-order valence-electron chi connectivity index (χ4n) is 3.19. The highest BCUT2D eigenvalue weighted by molar-refractivity contribution is 5.95. The van der Waals surface area contributed by atoms with Crippen LogP contribution in [0.1, 0.15) is 21.0 Å². The molecule has 1 aromatic carbocycles. The first-order valence-corrected chi connectivity index (χ1v) is 9.53. The summed E-state index contributed by atoms with van der Waals surface area (Å²) < 4.78 is 10.3. The van der Waals surface area contributed by atoms with Crippen LogP contribution in [0.4, 0.5) is 0 Å². The first-order chi connectivity index (χ1) is 14.6. The number of carbonyl (C=O) groups is 3. The smallest absolute Gasteiger partial charge is 0.289 e. The van der Waals surface area contributed by atoms with Crippen LogP contribution in [0.5, 0.6) is 0 Å². The fourth-order valence-corrected chi connectivity index (χ4v) is 3.19. The predicted molar refractivity (Wildman–Crippen MR) is 105 cm³/mol. The molecule has 9 nitrogen and oxygen atoms in total. The van der Waals surface area contributed by atoms with E-state index in [1.54, 1.807) is 21.9 Å². The largest absolute Gasteiger partial charge is 0.459 e. The zero-order valence-corrected chi connectivity index (χ0v) is 16.1. The molecule has 1 saturated heterocycles. The van der Waals surface area contributed by atoms with Gasteiger partial charge in [0, 0.05) is 37.8 Å². The molecule has 0 saturated carbocycles. The number of nitrogens with one attached hydrogen (secondary N) is 1. The van der Waals surface area contributed by atoms with E-state index in [0.717, 1.165) is 5.56 Å². The summed E-state index contributed by atoms with van der Waals surface area (Å²) in [5.74, 6) is -0.143. The van der Waals surface area contributed by atoms with Crippen LogP contribution < -0.4 is 5.32 Å². The lowest BCUT2D eigenvalue weighted by molar-refractivity contribution is -0.131. The average molecular weight is 408 g/mol. The van der Waals surface area contributed by atoms with E-state index < -0.39 is 5.91 Å². The number of hydrogen-bond donors (Lipinski definition) is 1. The number of nitrogens with zero attached hydrogens (tertiary/aromatic N) is 3. The third-order valence-electron chi connectivity index (χ3n) is 4.85. The quantitative estimate of drug-likeness (QED) is 0.688. The Hall–Kier alpha value is -3.88. The molecular formula is C21H20N4O5. The van der Waals surface area contributed by atoms with Gasteiger partial charge >= 0.3 is 0 Å². The summed E-state index contributed by atoms with van der Waals surface area (Å²) in [6.45, 7) is 1.44. The second-order valence-corrected chi connectivity index (χ2v) is 6.78. The van der Waals surface area contributed by atoms with Gasteiger partial charge in [-0.15, -0.1) is 0 Å². The summed E-state index contributed by atoms with van der Waals surface area (Å²) in [7, 11) is 0. The molecule has 30 heavy (non-hydrogen) atoms. The molecular weight excluding hydrogens is 388 g/mol. The maximum Gasteiger partial charge on any atom is 0.289 e. The Kier molecular flexibility index (Phi) is 5.60. The molecule has 0 spiro atoms. The molecule has 4 rings (SSSR count). The minimum atomic E-state index is -0.485. The zero-order chi connectivity index (χ0) is 20.9. The summed E-state index contributed by atoms with van der Waals surface area (Å²) >= 11 is 0. The topological polar surface area (TPSA) is 109 Å². The van der Waals surface area contributed by atoms with E-state index in [-0.39, 0.29) is 29.8 Å². The van der Waals surface area contributed by atoms with E-state index >= 15 is 0 Å². The third kappa shape index (κ3) is 4.24. The number of carbonyl (C=O) groups excluding carboxylic acids is 3. The molecule has 1 aliphatic rings. The van der Waals surface area contributed by atoms with Gasteiger partial charge in [-0.3, -0.25) is 14.4 Å². The summed E-state index contributed by atoms with van der Waals surface area (Å²) in [5.41, 5.74) is 0.914. The number of rotatable bonds is 5. The van der Waals surface area contributed by atoms with E-state index in [1.165, 1.54) is 12.3 Å². The minimum absolute atomic E-state index is 0.107. The Bertz CT molecular complexity index is 1020. The molecule has 1 fully saturated rings. The van der Waals surface area contributed by atoms with Crippen molar-refractivity contribution < 1.29 is 23.3 Å². The second kappa shape index (κ2) is 8.64. The molecule has 2 aromatic heterocycles. The van der Waals surface area contributed by atoms with Crippen LogP contribution in [0.25, 0.3) is 11.3 Å². The Morgan fingerprint density at radius 3 is 2.40 bits per heavy atom. The third-order valence-corrected chi connectivity index (χ3v) is 4.85. The Morgan fingerprint density at radius 1 is 0.967 bits per heavy atom. The summed E-state index contributed by atoms with van der Waals surface area (Å²) in [6, 6.07) is 14.1. The number of hydrogen-bond acceptors (Lipinski definition) is 6. The van der Waals surface area contributed by atoms with Crippen LogP contribution in [-0.4, -0.2) is 65.4 Å². The van der Waals surface area contributed by atoms with Crippen LogP contribution in [-0.2, 0) is 4.79 Å². The molecule has 1 aliphatic heterocycles. The SMILES string of the molecule is O=C(NCC(=O)N1CCN(C(=O)c2ccco2)CC1)c1cc(-c2ccccc2)on1. The summed E-state index contributed by atoms with van der Waals surface area (Å²) in [4.78, 5) is 40.2. The summed E-state index contributed by atoms with van der Waals surface area (Å²) in [6.07, 6.45) is 1.45. The van der Waals surface area contributed by atoms with Crippen molar-refractivity contribution in [3.8, 4) is 11.3 Å². The normalized spacial score (nSPS) is 13.9. The number of aromatic nitrogens is 1. The van der Waals surface area contributed by atoms with Gasteiger partial charge in [-0.25, -0.2) is 0 Å². The van der Waals surface area contributed by atoms with Crippen molar-refractivity contribution in [3.63, 3.8) is 0 Å². The molecule has 0 bridgehead atoms. The van der Waals surface area contributed by atoms with Crippen LogP contribution >= 0.6 is 0 Å². The van der Waals surface area contributed by atoms with E-state index in [9.17, 15) is 14.4 Å². The van der Waals surface area contributed by atoms with E-state index in [0.29, 0.717) is 31.9 Å². The van der Waals surface area contributed by atoms with Gasteiger partial charge in [-0.05, 0) is 12.1 Å². The Labute approximate surface area is 172 Å². The van der Waals surface area contributed by atoms with Gasteiger partial charge in [0.2, 0.25) is 5.91 Å². The zero-order valence-electron chi connectivity index (χ0n) is 16.1. The minimum Gasteiger partial charge on any atom is -0.459 e. The lowest BCUT2D eigenvalue weighted by Crippen LogP contribution is -2.52. The molecule has 1 N–H and O–H groups in total. The van der Waals surface area contributed by atoms with Gasteiger partial charge in [0.15, 0.2) is 17.2 Å². The monoisotopic (exact) mass is 408 g/mol. The Balaban J connectivity index is 1.26. The van der Waals surface area contributed by atoms with Crippen LogP contribution in [0.2, 0.25) is 0 Å².